The van der Waals surface area contributed by atoms with Gasteiger partial charge >= 0.3 is 0 Å². The SMILES string of the molecule is C=CCN1CN(COc2ccc(Cl)cc2C)NC1=S. The molecule has 1 aromatic rings. The van der Waals surface area contributed by atoms with Gasteiger partial charge in [0, 0.05) is 11.6 Å². The van der Waals surface area contributed by atoms with Crippen LogP contribution in [0.3, 0.4) is 0 Å². The van der Waals surface area contributed by atoms with Crippen molar-refractivity contribution in [1.29, 1.82) is 0 Å². The third kappa shape index (κ3) is 3.59. The van der Waals surface area contributed by atoms with Gasteiger partial charge in [-0.3, -0.25) is 5.43 Å². The summed E-state index contributed by atoms with van der Waals surface area (Å²) in [6, 6.07) is 5.56. The molecule has 0 aliphatic carbocycles. The van der Waals surface area contributed by atoms with Gasteiger partial charge in [0.05, 0.1) is 6.67 Å². The van der Waals surface area contributed by atoms with Crippen molar-refractivity contribution in [3.05, 3.63) is 41.4 Å². The van der Waals surface area contributed by atoms with Crippen LogP contribution in [0.4, 0.5) is 0 Å². The molecule has 0 amide bonds. The first-order valence-corrected chi connectivity index (χ1v) is 6.69. The van der Waals surface area contributed by atoms with Crippen LogP contribution in [-0.2, 0) is 0 Å². The summed E-state index contributed by atoms with van der Waals surface area (Å²) in [5, 5.41) is 3.30. The zero-order chi connectivity index (χ0) is 13.8. The van der Waals surface area contributed by atoms with Gasteiger partial charge in [-0.1, -0.05) is 17.7 Å². The van der Waals surface area contributed by atoms with E-state index in [1.165, 1.54) is 0 Å². The zero-order valence-corrected chi connectivity index (χ0v) is 12.3. The first-order chi connectivity index (χ1) is 9.10. The van der Waals surface area contributed by atoms with E-state index in [1.54, 1.807) is 0 Å². The number of hydrogen-bond donors (Lipinski definition) is 1. The molecule has 1 aliphatic rings. The third-order valence-corrected chi connectivity index (χ3v) is 3.33. The Balaban J connectivity index is 1.89. The Morgan fingerprint density at radius 3 is 3.05 bits per heavy atom. The minimum atomic E-state index is 0.413. The minimum absolute atomic E-state index is 0.413. The van der Waals surface area contributed by atoms with Gasteiger partial charge in [-0.2, -0.15) is 5.01 Å². The number of hydrazine groups is 1. The minimum Gasteiger partial charge on any atom is -0.476 e. The van der Waals surface area contributed by atoms with Crippen molar-refractivity contribution in [3.8, 4) is 5.75 Å². The molecule has 0 radical (unpaired) electrons. The molecule has 0 atom stereocenters. The highest BCUT2D eigenvalue weighted by Gasteiger charge is 2.22. The van der Waals surface area contributed by atoms with Gasteiger partial charge in [-0.25, -0.2) is 0 Å². The summed E-state index contributed by atoms with van der Waals surface area (Å²) in [5.74, 6) is 0.819. The topological polar surface area (TPSA) is 27.7 Å². The van der Waals surface area contributed by atoms with Crippen molar-refractivity contribution >= 4 is 28.9 Å². The van der Waals surface area contributed by atoms with Gasteiger partial charge < -0.3 is 9.64 Å². The number of hydrogen-bond acceptors (Lipinski definition) is 3. The predicted molar refractivity (Wildman–Crippen MR) is 81.0 cm³/mol. The average Bonchev–Trinajstić information content (AvgIpc) is 2.70. The fourth-order valence-corrected chi connectivity index (χ4v) is 2.29. The average molecular weight is 298 g/mol. The van der Waals surface area contributed by atoms with Crippen molar-refractivity contribution in [3.63, 3.8) is 0 Å². The lowest BCUT2D eigenvalue weighted by molar-refractivity contribution is 0.0993. The molecule has 19 heavy (non-hydrogen) atoms. The normalized spacial score (nSPS) is 15.5. The standard InChI is InChI=1S/C13H16ClN3OS/c1-3-6-16-8-17(15-13(16)19)9-18-12-5-4-11(14)7-10(12)2/h3-5,7H,1,6,8-9H2,2H3,(H,15,19). The van der Waals surface area contributed by atoms with Gasteiger partial charge in [0.25, 0.3) is 0 Å². The summed E-state index contributed by atoms with van der Waals surface area (Å²) >= 11 is 11.1. The Kier molecular flexibility index (Phi) is 4.63. The maximum atomic E-state index is 5.91. The lowest BCUT2D eigenvalue weighted by atomic mass is 10.2. The van der Waals surface area contributed by atoms with Crippen LogP contribution < -0.4 is 10.2 Å². The highest BCUT2D eigenvalue weighted by molar-refractivity contribution is 7.80. The summed E-state index contributed by atoms with van der Waals surface area (Å²) in [6.07, 6.45) is 1.82. The van der Waals surface area contributed by atoms with E-state index in [-0.39, 0.29) is 0 Å². The molecule has 1 saturated heterocycles. The van der Waals surface area contributed by atoms with Gasteiger partial charge in [-0.15, -0.1) is 6.58 Å². The second-order valence-corrected chi connectivity index (χ2v) is 5.12. The summed E-state index contributed by atoms with van der Waals surface area (Å²) in [7, 11) is 0. The molecule has 102 valence electrons. The molecule has 0 saturated carbocycles. The van der Waals surface area contributed by atoms with Gasteiger partial charge in [0.1, 0.15) is 5.75 Å². The van der Waals surface area contributed by atoms with Crippen molar-refractivity contribution in [2.24, 2.45) is 0 Å². The fourth-order valence-electron chi connectivity index (χ4n) is 1.80. The van der Waals surface area contributed by atoms with Crippen molar-refractivity contribution in [1.82, 2.24) is 15.3 Å². The maximum absolute atomic E-state index is 5.91. The number of halogens is 1. The van der Waals surface area contributed by atoms with E-state index in [4.69, 9.17) is 28.6 Å². The van der Waals surface area contributed by atoms with Crippen LogP contribution in [0.25, 0.3) is 0 Å². The predicted octanol–water partition coefficient (Wildman–Crippen LogP) is 2.54. The third-order valence-electron chi connectivity index (χ3n) is 2.74. The summed E-state index contributed by atoms with van der Waals surface area (Å²) in [4.78, 5) is 2.00. The van der Waals surface area contributed by atoms with Crippen LogP contribution in [0.1, 0.15) is 5.56 Å². The molecule has 2 rings (SSSR count). The molecule has 6 heteroatoms. The number of nitrogens with zero attached hydrogens (tertiary/aromatic N) is 2. The van der Waals surface area contributed by atoms with E-state index in [9.17, 15) is 0 Å². The summed E-state index contributed by atoms with van der Waals surface area (Å²) in [6.45, 7) is 7.49. The van der Waals surface area contributed by atoms with Crippen LogP contribution >= 0.6 is 23.8 Å². The van der Waals surface area contributed by atoms with Gasteiger partial charge in [-0.05, 0) is 42.9 Å². The van der Waals surface area contributed by atoms with Crippen molar-refractivity contribution in [2.75, 3.05) is 19.9 Å². The number of aryl methyl sites for hydroxylation is 1. The van der Waals surface area contributed by atoms with Gasteiger partial charge in [0.15, 0.2) is 11.8 Å². The Morgan fingerprint density at radius 2 is 2.37 bits per heavy atom. The van der Waals surface area contributed by atoms with Crippen molar-refractivity contribution < 1.29 is 4.74 Å². The van der Waals surface area contributed by atoms with Crippen molar-refractivity contribution in [2.45, 2.75) is 6.92 Å². The van der Waals surface area contributed by atoms with E-state index in [0.717, 1.165) is 17.9 Å². The number of rotatable bonds is 5. The molecule has 1 heterocycles. The number of nitrogens with one attached hydrogen (secondary N) is 1. The molecular weight excluding hydrogens is 282 g/mol. The maximum Gasteiger partial charge on any atom is 0.185 e. The molecule has 0 unspecified atom stereocenters. The molecule has 1 aromatic carbocycles. The molecular formula is C13H16ClN3OS. The Bertz CT molecular complexity index is 495. The Morgan fingerprint density at radius 1 is 1.58 bits per heavy atom. The second-order valence-electron chi connectivity index (χ2n) is 4.29. The molecule has 1 aliphatic heterocycles. The lowest BCUT2D eigenvalue weighted by Gasteiger charge is -2.17. The molecule has 0 spiro atoms. The number of benzene rings is 1. The van der Waals surface area contributed by atoms with Crippen LogP contribution in [0.5, 0.6) is 5.75 Å². The van der Waals surface area contributed by atoms with Crippen LogP contribution in [0.2, 0.25) is 5.02 Å². The van der Waals surface area contributed by atoms with Crippen LogP contribution in [-0.4, -0.2) is 35.0 Å². The Hall–Kier alpha value is -1.30. The number of thiocarbonyl (C=S) groups is 1. The molecule has 0 bridgehead atoms. The van der Waals surface area contributed by atoms with Gasteiger partial charge in [0.2, 0.25) is 0 Å². The van der Waals surface area contributed by atoms with E-state index in [1.807, 2.05) is 41.1 Å². The van der Waals surface area contributed by atoms with E-state index >= 15 is 0 Å². The highest BCUT2D eigenvalue weighted by atomic mass is 35.5. The molecule has 1 fully saturated rings. The monoisotopic (exact) mass is 297 g/mol. The quantitative estimate of drug-likeness (QED) is 0.666. The number of ether oxygens (including phenoxy) is 1. The first-order valence-electron chi connectivity index (χ1n) is 5.90. The smallest absolute Gasteiger partial charge is 0.185 e. The molecule has 4 nitrogen and oxygen atoms in total. The van der Waals surface area contributed by atoms with Crippen LogP contribution in [0, 0.1) is 6.92 Å². The van der Waals surface area contributed by atoms with E-state index in [2.05, 4.69) is 12.0 Å². The highest BCUT2D eigenvalue weighted by Crippen LogP contribution is 2.22. The van der Waals surface area contributed by atoms with Crippen LogP contribution in [0.15, 0.2) is 30.9 Å². The Labute approximate surface area is 123 Å². The molecule has 1 N–H and O–H groups in total. The fraction of sp³-hybridized carbons (Fsp3) is 0.308. The summed E-state index contributed by atoms with van der Waals surface area (Å²) in [5.41, 5.74) is 4.09. The first kappa shape index (κ1) is 14.1. The molecule has 0 aromatic heterocycles. The zero-order valence-electron chi connectivity index (χ0n) is 10.7. The summed E-state index contributed by atoms with van der Waals surface area (Å²) < 4.78 is 5.74. The largest absolute Gasteiger partial charge is 0.476 e. The second kappa shape index (κ2) is 6.23. The lowest BCUT2D eigenvalue weighted by Crippen LogP contribution is -2.35. The van der Waals surface area contributed by atoms with E-state index < -0.39 is 0 Å². The van der Waals surface area contributed by atoms with E-state index in [0.29, 0.717) is 23.5 Å².